The molecule has 1 heterocycles. The third-order valence-electron chi connectivity index (χ3n) is 2.29. The number of nitrogens with zero attached hydrogens (tertiary/aromatic N) is 3. The third kappa shape index (κ3) is 5.94. The van der Waals surface area contributed by atoms with Crippen LogP contribution in [0.3, 0.4) is 0 Å². The van der Waals surface area contributed by atoms with Crippen molar-refractivity contribution >= 4 is 5.84 Å². The van der Waals surface area contributed by atoms with Crippen LogP contribution < -0.4 is 5.73 Å². The van der Waals surface area contributed by atoms with E-state index in [0.29, 0.717) is 19.6 Å². The molecule has 0 atom stereocenters. The topological polar surface area (TPSA) is 88.1 Å². The average molecular weight is 237 g/mol. The van der Waals surface area contributed by atoms with Gasteiger partial charge in [-0.15, -0.1) is 0 Å². The normalized spacial score (nSPS) is 10.7. The fourth-order valence-electron chi connectivity index (χ4n) is 1.38. The molecule has 94 valence electrons. The zero-order valence-corrected chi connectivity index (χ0v) is 10.1. The van der Waals surface area contributed by atoms with Gasteiger partial charge < -0.3 is 10.5 Å². The number of methoxy groups -OCH3 is 1. The Morgan fingerprint density at radius 3 is 2.71 bits per heavy atom. The van der Waals surface area contributed by atoms with E-state index in [2.05, 4.69) is 14.9 Å². The summed E-state index contributed by atoms with van der Waals surface area (Å²) >= 11 is 0. The van der Waals surface area contributed by atoms with Gasteiger partial charge in [0.25, 0.3) is 0 Å². The van der Waals surface area contributed by atoms with E-state index in [9.17, 15) is 0 Å². The van der Waals surface area contributed by atoms with Crippen molar-refractivity contribution in [3.63, 3.8) is 0 Å². The molecule has 0 bridgehead atoms. The average Bonchev–Trinajstić information content (AvgIpc) is 2.34. The summed E-state index contributed by atoms with van der Waals surface area (Å²) in [5, 5.41) is 7.23. The minimum atomic E-state index is 0.196. The first-order valence-corrected chi connectivity index (χ1v) is 5.52. The van der Waals surface area contributed by atoms with Crippen molar-refractivity contribution in [1.29, 1.82) is 5.41 Å². The second kappa shape index (κ2) is 7.70. The Labute approximate surface area is 101 Å². The number of nitrogens with two attached hydrogens (primary N) is 1. The van der Waals surface area contributed by atoms with E-state index in [-0.39, 0.29) is 5.84 Å². The largest absolute Gasteiger partial charge is 0.388 e. The summed E-state index contributed by atoms with van der Waals surface area (Å²) in [4.78, 5) is 10.5. The minimum absolute atomic E-state index is 0.196. The molecule has 0 saturated heterocycles. The van der Waals surface area contributed by atoms with Crippen LogP contribution in [0.15, 0.2) is 18.5 Å². The Kier molecular flexibility index (Phi) is 6.13. The van der Waals surface area contributed by atoms with E-state index in [0.717, 1.165) is 18.9 Å². The Morgan fingerprint density at radius 2 is 2.12 bits per heavy atom. The first-order valence-electron chi connectivity index (χ1n) is 5.52. The molecular weight excluding hydrogens is 218 g/mol. The third-order valence-corrected chi connectivity index (χ3v) is 2.29. The van der Waals surface area contributed by atoms with E-state index < -0.39 is 0 Å². The number of ether oxygens (including phenoxy) is 1. The lowest BCUT2D eigenvalue weighted by Gasteiger charge is -2.20. The van der Waals surface area contributed by atoms with Crippen LogP contribution in [0, 0.1) is 5.41 Å². The van der Waals surface area contributed by atoms with Crippen LogP contribution in [0.1, 0.15) is 12.2 Å². The molecule has 0 spiro atoms. The lowest BCUT2D eigenvalue weighted by atomic mass is 10.3. The zero-order chi connectivity index (χ0) is 12.5. The van der Waals surface area contributed by atoms with Gasteiger partial charge in [-0.1, -0.05) is 0 Å². The van der Waals surface area contributed by atoms with E-state index in [1.807, 2.05) is 0 Å². The van der Waals surface area contributed by atoms with Crippen LogP contribution in [0.4, 0.5) is 0 Å². The molecule has 0 aromatic carbocycles. The summed E-state index contributed by atoms with van der Waals surface area (Å²) in [7, 11) is 1.67. The van der Waals surface area contributed by atoms with E-state index >= 15 is 0 Å². The summed E-state index contributed by atoms with van der Waals surface area (Å²) < 4.78 is 5.05. The summed E-state index contributed by atoms with van der Waals surface area (Å²) in [6.45, 7) is 2.79. The Hall–Kier alpha value is -1.53. The highest BCUT2D eigenvalue weighted by Crippen LogP contribution is 1.99. The first kappa shape index (κ1) is 13.5. The number of aromatic nitrogens is 2. The van der Waals surface area contributed by atoms with E-state index in [1.165, 1.54) is 0 Å². The molecule has 6 nitrogen and oxygen atoms in total. The molecule has 1 aromatic heterocycles. The van der Waals surface area contributed by atoms with Crippen molar-refractivity contribution in [2.45, 2.75) is 13.0 Å². The predicted molar refractivity (Wildman–Crippen MR) is 65.7 cm³/mol. The van der Waals surface area contributed by atoms with E-state index in [1.54, 1.807) is 25.6 Å². The molecule has 0 aliphatic rings. The quantitative estimate of drug-likeness (QED) is 0.500. The van der Waals surface area contributed by atoms with Crippen LogP contribution in [0.25, 0.3) is 0 Å². The van der Waals surface area contributed by atoms with Gasteiger partial charge in [0.05, 0.1) is 19.0 Å². The highest BCUT2D eigenvalue weighted by molar-refractivity contribution is 5.76. The molecule has 17 heavy (non-hydrogen) atoms. The van der Waals surface area contributed by atoms with Crippen molar-refractivity contribution in [1.82, 2.24) is 14.9 Å². The maximum absolute atomic E-state index is 7.23. The van der Waals surface area contributed by atoms with Crippen molar-refractivity contribution in [2.75, 3.05) is 26.8 Å². The first-order chi connectivity index (χ1) is 8.22. The Bertz CT molecular complexity index is 330. The van der Waals surface area contributed by atoms with Crippen molar-refractivity contribution in [2.24, 2.45) is 5.73 Å². The molecule has 1 aromatic rings. The second-order valence-electron chi connectivity index (χ2n) is 3.71. The molecule has 6 heteroatoms. The van der Waals surface area contributed by atoms with Crippen LogP contribution in [0.2, 0.25) is 0 Å². The van der Waals surface area contributed by atoms with Gasteiger partial charge >= 0.3 is 0 Å². The smallest absolute Gasteiger partial charge is 0.142 e. The molecule has 0 saturated carbocycles. The fourth-order valence-corrected chi connectivity index (χ4v) is 1.38. The summed E-state index contributed by atoms with van der Waals surface area (Å²) in [6, 6.07) is 1.79. The number of nitrogens with one attached hydrogen (secondary N) is 1. The molecule has 0 amide bonds. The lowest BCUT2D eigenvalue weighted by molar-refractivity contribution is 0.144. The second-order valence-corrected chi connectivity index (χ2v) is 3.71. The highest BCUT2D eigenvalue weighted by Gasteiger charge is 2.07. The standard InChI is InChI=1S/C11H19N5O/c1-17-8-7-16(6-3-10(12)13)9-11-14-4-2-5-15-11/h2,4-5H,3,6-9H2,1H3,(H3,12,13). The highest BCUT2D eigenvalue weighted by atomic mass is 16.5. The summed E-state index contributed by atoms with van der Waals surface area (Å²) in [5.41, 5.74) is 5.36. The monoisotopic (exact) mass is 237 g/mol. The molecular formula is C11H19N5O. The van der Waals surface area contributed by atoms with Crippen molar-refractivity contribution < 1.29 is 4.74 Å². The van der Waals surface area contributed by atoms with Crippen molar-refractivity contribution in [3.05, 3.63) is 24.3 Å². The summed E-state index contributed by atoms with van der Waals surface area (Å²) in [5.74, 6) is 0.966. The van der Waals surface area contributed by atoms with Gasteiger partial charge in [0.1, 0.15) is 5.82 Å². The molecule has 0 aliphatic carbocycles. The van der Waals surface area contributed by atoms with Gasteiger partial charge in [0.15, 0.2) is 0 Å². The maximum Gasteiger partial charge on any atom is 0.142 e. The molecule has 0 aliphatic heterocycles. The van der Waals surface area contributed by atoms with Crippen LogP contribution in [0.5, 0.6) is 0 Å². The van der Waals surface area contributed by atoms with E-state index in [4.69, 9.17) is 15.9 Å². The molecule has 1 rings (SSSR count). The number of hydrogen-bond acceptors (Lipinski definition) is 5. The Balaban J connectivity index is 2.47. The number of amidine groups is 1. The molecule has 0 unspecified atom stereocenters. The van der Waals surface area contributed by atoms with Gasteiger partial charge in [-0.3, -0.25) is 10.3 Å². The van der Waals surface area contributed by atoms with Gasteiger partial charge in [0.2, 0.25) is 0 Å². The number of rotatable bonds is 8. The number of hydrogen-bond donors (Lipinski definition) is 2. The lowest BCUT2D eigenvalue weighted by Crippen LogP contribution is -2.31. The Morgan fingerprint density at radius 1 is 1.41 bits per heavy atom. The van der Waals surface area contributed by atoms with Gasteiger partial charge in [-0.2, -0.15) is 0 Å². The molecule has 3 N–H and O–H groups in total. The van der Waals surface area contributed by atoms with Crippen molar-refractivity contribution in [3.8, 4) is 0 Å². The predicted octanol–water partition coefficient (Wildman–Crippen LogP) is 0.251. The van der Waals surface area contributed by atoms with Crippen LogP contribution >= 0.6 is 0 Å². The van der Waals surface area contributed by atoms with Crippen LogP contribution in [-0.2, 0) is 11.3 Å². The van der Waals surface area contributed by atoms with Gasteiger partial charge in [0, 0.05) is 39.0 Å². The minimum Gasteiger partial charge on any atom is -0.388 e. The molecule has 0 fully saturated rings. The maximum atomic E-state index is 7.23. The van der Waals surface area contributed by atoms with Gasteiger partial charge in [-0.05, 0) is 6.07 Å². The fraction of sp³-hybridized carbons (Fsp3) is 0.545. The summed E-state index contributed by atoms with van der Waals surface area (Å²) in [6.07, 6.45) is 4.00. The van der Waals surface area contributed by atoms with Gasteiger partial charge in [-0.25, -0.2) is 9.97 Å². The SMILES string of the molecule is COCCN(CCC(=N)N)Cc1ncccn1. The van der Waals surface area contributed by atoms with Crippen LogP contribution in [-0.4, -0.2) is 47.5 Å². The molecule has 0 radical (unpaired) electrons. The zero-order valence-electron chi connectivity index (χ0n) is 10.1.